The summed E-state index contributed by atoms with van der Waals surface area (Å²) < 4.78 is 22.7. The molecule has 1 aliphatic heterocycles. The first-order valence-corrected chi connectivity index (χ1v) is 6.88. The van der Waals surface area contributed by atoms with E-state index in [0.29, 0.717) is 41.6 Å². The highest BCUT2D eigenvalue weighted by atomic mass is 79.9. The van der Waals surface area contributed by atoms with E-state index in [9.17, 15) is 0 Å². The summed E-state index contributed by atoms with van der Waals surface area (Å²) in [5.41, 5.74) is 7.12. The normalized spacial score (nSPS) is 13.9. The molecule has 106 valence electrons. The van der Waals surface area contributed by atoms with Gasteiger partial charge in [-0.2, -0.15) is 0 Å². The second-order valence-electron chi connectivity index (χ2n) is 4.25. The number of nitrogen functional groups attached to an aromatic ring is 1. The highest BCUT2D eigenvalue weighted by Crippen LogP contribution is 2.50. The first-order chi connectivity index (χ1) is 9.72. The van der Waals surface area contributed by atoms with Gasteiger partial charge in [0.2, 0.25) is 5.88 Å². The van der Waals surface area contributed by atoms with E-state index in [1.807, 2.05) is 6.07 Å². The number of halogens is 1. The summed E-state index contributed by atoms with van der Waals surface area (Å²) in [7, 11) is 1.58. The molecule has 2 N–H and O–H groups in total. The molecule has 2 heterocycles. The van der Waals surface area contributed by atoms with Crippen molar-refractivity contribution >= 4 is 21.8 Å². The summed E-state index contributed by atoms with van der Waals surface area (Å²) in [6, 6.07) is 1.83. The molecule has 1 aliphatic rings. The molecule has 1 aromatic heterocycles. The monoisotopic (exact) mass is 340 g/mol. The lowest BCUT2D eigenvalue weighted by Gasteiger charge is -2.16. The predicted molar refractivity (Wildman–Crippen MR) is 76.2 cm³/mol. The first kappa shape index (κ1) is 13.1. The third-order valence-corrected chi connectivity index (χ3v) is 3.61. The van der Waals surface area contributed by atoms with E-state index < -0.39 is 0 Å². The van der Waals surface area contributed by atoms with Crippen LogP contribution in [0, 0.1) is 0 Å². The molecule has 3 rings (SSSR count). The molecule has 0 fully saturated rings. The molecule has 0 saturated heterocycles. The van der Waals surface area contributed by atoms with Crippen LogP contribution < -0.4 is 19.9 Å². The molecule has 0 spiro atoms. The van der Waals surface area contributed by atoms with E-state index in [4.69, 9.17) is 24.5 Å². The second-order valence-corrected chi connectivity index (χ2v) is 5.10. The van der Waals surface area contributed by atoms with Gasteiger partial charge in [-0.15, -0.1) is 0 Å². The van der Waals surface area contributed by atoms with Crippen LogP contribution in [0.3, 0.4) is 0 Å². The molecule has 0 radical (unpaired) electrons. The third-order valence-electron chi connectivity index (χ3n) is 3.02. The summed E-state index contributed by atoms with van der Waals surface area (Å²) in [6.45, 7) is 1.17. The van der Waals surface area contributed by atoms with E-state index in [-0.39, 0.29) is 5.88 Å². The highest BCUT2D eigenvalue weighted by molar-refractivity contribution is 9.10. The number of ether oxygens (including phenoxy) is 3. The van der Waals surface area contributed by atoms with Crippen LogP contribution in [-0.4, -0.2) is 25.5 Å². The predicted octanol–water partition coefficient (Wildman–Crippen LogP) is 2.86. The largest absolute Gasteiger partial charge is 0.495 e. The maximum absolute atomic E-state index is 5.82. The van der Waals surface area contributed by atoms with Crippen molar-refractivity contribution in [2.45, 2.75) is 6.42 Å². The van der Waals surface area contributed by atoms with Crippen molar-refractivity contribution in [2.75, 3.05) is 26.1 Å². The van der Waals surface area contributed by atoms with Crippen LogP contribution in [0.5, 0.6) is 17.2 Å². The minimum Gasteiger partial charge on any atom is -0.495 e. The fourth-order valence-corrected chi connectivity index (χ4v) is 2.71. The molecule has 0 saturated carbocycles. The van der Waals surface area contributed by atoms with Crippen molar-refractivity contribution < 1.29 is 18.7 Å². The van der Waals surface area contributed by atoms with Gasteiger partial charge in [-0.05, 0) is 15.9 Å². The van der Waals surface area contributed by atoms with E-state index in [1.54, 1.807) is 7.11 Å². The van der Waals surface area contributed by atoms with Gasteiger partial charge in [-0.1, -0.05) is 5.16 Å². The van der Waals surface area contributed by atoms with Crippen molar-refractivity contribution in [2.24, 2.45) is 0 Å². The zero-order valence-corrected chi connectivity index (χ0v) is 12.4. The molecule has 6 nitrogen and oxygen atoms in total. The van der Waals surface area contributed by atoms with Gasteiger partial charge in [0, 0.05) is 12.5 Å². The number of nitrogens with zero attached hydrogens (tertiary/aromatic N) is 1. The lowest BCUT2D eigenvalue weighted by atomic mass is 10.1. The van der Waals surface area contributed by atoms with Crippen molar-refractivity contribution in [1.82, 2.24) is 5.16 Å². The Morgan fingerprint density at radius 1 is 1.35 bits per heavy atom. The van der Waals surface area contributed by atoms with Crippen LogP contribution >= 0.6 is 15.9 Å². The van der Waals surface area contributed by atoms with E-state index in [2.05, 4.69) is 21.1 Å². The van der Waals surface area contributed by atoms with Gasteiger partial charge in [0.25, 0.3) is 0 Å². The quantitative estimate of drug-likeness (QED) is 0.905. The number of nitrogens with two attached hydrogens (primary N) is 1. The minimum absolute atomic E-state index is 0.205. The molecule has 20 heavy (non-hydrogen) atoms. The number of hydrogen-bond donors (Lipinski definition) is 1. The molecule has 0 bridgehead atoms. The topological polar surface area (TPSA) is 79.7 Å². The van der Waals surface area contributed by atoms with Crippen LogP contribution in [0.15, 0.2) is 21.3 Å². The Balaban J connectivity index is 2.29. The van der Waals surface area contributed by atoms with Gasteiger partial charge in [0.05, 0.1) is 42.1 Å². The number of fused-ring (bicyclic) bond motifs is 1. The third kappa shape index (κ3) is 2.07. The molecule has 0 amide bonds. The van der Waals surface area contributed by atoms with Crippen LogP contribution in [-0.2, 0) is 0 Å². The fourth-order valence-electron chi connectivity index (χ4n) is 2.14. The van der Waals surface area contributed by atoms with Gasteiger partial charge in [-0.25, -0.2) is 0 Å². The molecular formula is C13H13BrN2O4. The van der Waals surface area contributed by atoms with E-state index in [0.717, 1.165) is 10.9 Å². The maximum Gasteiger partial charge on any atom is 0.230 e. The van der Waals surface area contributed by atoms with Crippen LogP contribution in [0.1, 0.15) is 6.42 Å². The molecule has 0 aliphatic carbocycles. The summed E-state index contributed by atoms with van der Waals surface area (Å²) in [4.78, 5) is 0. The molecule has 2 aromatic rings. The summed E-state index contributed by atoms with van der Waals surface area (Å²) in [5, 5.41) is 3.71. The maximum atomic E-state index is 5.82. The van der Waals surface area contributed by atoms with Gasteiger partial charge in [0.15, 0.2) is 11.5 Å². The van der Waals surface area contributed by atoms with Crippen LogP contribution in [0.25, 0.3) is 11.1 Å². The Kier molecular flexibility index (Phi) is 3.43. The Morgan fingerprint density at radius 3 is 2.85 bits per heavy atom. The number of benzene rings is 1. The molecular weight excluding hydrogens is 328 g/mol. The van der Waals surface area contributed by atoms with Crippen LogP contribution in [0.2, 0.25) is 0 Å². The first-order valence-electron chi connectivity index (χ1n) is 6.09. The lowest BCUT2D eigenvalue weighted by molar-refractivity contribution is 0.297. The molecule has 0 unspecified atom stereocenters. The van der Waals surface area contributed by atoms with Crippen molar-refractivity contribution in [3.05, 3.63) is 16.7 Å². The Bertz CT molecular complexity index is 642. The van der Waals surface area contributed by atoms with Gasteiger partial charge in [-0.3, -0.25) is 0 Å². The number of rotatable bonds is 2. The zero-order valence-electron chi connectivity index (χ0n) is 10.8. The molecule has 1 aromatic carbocycles. The van der Waals surface area contributed by atoms with Crippen molar-refractivity contribution in [3.63, 3.8) is 0 Å². The summed E-state index contributed by atoms with van der Waals surface area (Å²) in [5.74, 6) is 2.05. The zero-order chi connectivity index (χ0) is 14.1. The van der Waals surface area contributed by atoms with Crippen LogP contribution in [0.4, 0.5) is 5.88 Å². The van der Waals surface area contributed by atoms with Gasteiger partial charge >= 0.3 is 0 Å². The Hall–Kier alpha value is -1.89. The average Bonchev–Trinajstić information content (AvgIpc) is 2.71. The van der Waals surface area contributed by atoms with Gasteiger partial charge < -0.3 is 24.5 Å². The Labute approximate surface area is 123 Å². The smallest absolute Gasteiger partial charge is 0.230 e. The SMILES string of the molecule is COc1c(Br)cc2c(c1-c1cnoc1N)OCCCO2. The average molecular weight is 341 g/mol. The van der Waals surface area contributed by atoms with E-state index >= 15 is 0 Å². The fraction of sp³-hybridized carbons (Fsp3) is 0.308. The molecule has 0 atom stereocenters. The molecule has 7 heteroatoms. The highest BCUT2D eigenvalue weighted by Gasteiger charge is 2.26. The van der Waals surface area contributed by atoms with E-state index in [1.165, 1.54) is 6.20 Å². The number of aromatic nitrogens is 1. The van der Waals surface area contributed by atoms with Crippen molar-refractivity contribution in [1.29, 1.82) is 0 Å². The number of methoxy groups -OCH3 is 1. The lowest BCUT2D eigenvalue weighted by Crippen LogP contribution is -1.99. The number of anilines is 1. The Morgan fingerprint density at radius 2 is 2.15 bits per heavy atom. The van der Waals surface area contributed by atoms with Gasteiger partial charge in [0.1, 0.15) is 5.75 Å². The summed E-state index contributed by atoms with van der Waals surface area (Å²) in [6.07, 6.45) is 2.35. The summed E-state index contributed by atoms with van der Waals surface area (Å²) >= 11 is 3.47. The second kappa shape index (κ2) is 5.24. The minimum atomic E-state index is 0.205. The van der Waals surface area contributed by atoms with Crippen molar-refractivity contribution in [3.8, 4) is 28.4 Å². The number of hydrogen-bond acceptors (Lipinski definition) is 6. The standard InChI is InChI=1S/C13H13BrN2O4/c1-17-11-8(14)5-9-12(19-4-2-3-18-9)10(11)7-6-16-20-13(7)15/h5-6H,2-4,15H2,1H3.